The minimum absolute atomic E-state index is 0.0283. The van der Waals surface area contributed by atoms with Gasteiger partial charge in [0.15, 0.2) is 0 Å². The van der Waals surface area contributed by atoms with Gasteiger partial charge in [0.2, 0.25) is 0 Å². The molecule has 0 aromatic heterocycles. The van der Waals surface area contributed by atoms with Crippen molar-refractivity contribution in [3.05, 3.63) is 59.4 Å². The summed E-state index contributed by atoms with van der Waals surface area (Å²) in [5.41, 5.74) is 0.332. The van der Waals surface area contributed by atoms with Gasteiger partial charge in [-0.05, 0) is 62.1 Å². The highest BCUT2D eigenvalue weighted by molar-refractivity contribution is 5.95. The molecule has 0 unspecified atom stereocenters. The number of methoxy groups -OCH3 is 1. The number of amides is 2. The van der Waals surface area contributed by atoms with Crippen molar-refractivity contribution in [3.63, 3.8) is 0 Å². The molecule has 2 aromatic carbocycles. The molecule has 0 radical (unpaired) electrons. The first kappa shape index (κ1) is 24.0. The highest BCUT2D eigenvalue weighted by Gasteiger charge is 2.26. The number of rotatable bonds is 9. The van der Waals surface area contributed by atoms with E-state index in [0.717, 1.165) is 6.07 Å². The third-order valence-electron chi connectivity index (χ3n) is 5.56. The van der Waals surface area contributed by atoms with Crippen molar-refractivity contribution < 1.29 is 33.4 Å². The van der Waals surface area contributed by atoms with Crippen LogP contribution in [-0.4, -0.2) is 49.2 Å². The lowest BCUT2D eigenvalue weighted by atomic mass is 9.87. The summed E-state index contributed by atoms with van der Waals surface area (Å²) in [6, 6.07) is 10.6. The van der Waals surface area contributed by atoms with E-state index < -0.39 is 17.7 Å². The molecule has 0 aliphatic heterocycles. The zero-order valence-electron chi connectivity index (χ0n) is 18.3. The average Bonchev–Trinajstić information content (AvgIpc) is 2.82. The van der Waals surface area contributed by atoms with Crippen LogP contribution in [0.1, 0.15) is 46.4 Å². The van der Waals surface area contributed by atoms with Gasteiger partial charge in [-0.15, -0.1) is 0 Å². The maximum atomic E-state index is 13.9. The van der Waals surface area contributed by atoms with Crippen LogP contribution in [0.25, 0.3) is 0 Å². The first-order valence-corrected chi connectivity index (χ1v) is 10.8. The van der Waals surface area contributed by atoms with Crippen molar-refractivity contribution in [2.45, 2.75) is 31.8 Å². The zero-order valence-corrected chi connectivity index (χ0v) is 18.3. The SMILES string of the molecule is COc1ccc(C(=O)NCCNC(=O)c2ccc(O[C@H]3CC[C@@H](C(=O)O)CC3)cc2)c(F)c1. The second kappa shape index (κ2) is 11.3. The van der Waals surface area contributed by atoms with Gasteiger partial charge in [-0.3, -0.25) is 14.4 Å². The van der Waals surface area contributed by atoms with Crippen LogP contribution in [0.4, 0.5) is 4.39 Å². The standard InChI is InChI=1S/C24H27FN2O6/c1-32-19-10-11-20(21(25)14-19)23(29)27-13-12-26-22(28)15-2-6-17(7-3-15)33-18-8-4-16(5-9-18)24(30)31/h2-3,6-7,10-11,14,16,18H,4-5,8-9,12-13H2,1H3,(H,26,28)(H,27,29)(H,30,31)/t16-,18+. The molecule has 3 rings (SSSR count). The number of benzene rings is 2. The second-order valence-corrected chi connectivity index (χ2v) is 7.81. The first-order valence-electron chi connectivity index (χ1n) is 10.8. The van der Waals surface area contributed by atoms with Crippen LogP contribution >= 0.6 is 0 Å². The van der Waals surface area contributed by atoms with Gasteiger partial charge in [0.05, 0.1) is 24.7 Å². The van der Waals surface area contributed by atoms with E-state index in [4.69, 9.17) is 14.6 Å². The highest BCUT2D eigenvalue weighted by atomic mass is 19.1. The highest BCUT2D eigenvalue weighted by Crippen LogP contribution is 2.28. The number of carboxylic acid groups (broad SMARTS) is 1. The normalized spacial score (nSPS) is 17.6. The van der Waals surface area contributed by atoms with E-state index in [-0.39, 0.29) is 36.6 Å². The van der Waals surface area contributed by atoms with Crippen LogP contribution in [0, 0.1) is 11.7 Å². The number of carbonyl (C=O) groups is 3. The molecule has 9 heteroatoms. The summed E-state index contributed by atoms with van der Waals surface area (Å²) in [5, 5.41) is 14.3. The third-order valence-corrected chi connectivity index (χ3v) is 5.56. The van der Waals surface area contributed by atoms with Crippen molar-refractivity contribution in [1.29, 1.82) is 0 Å². The van der Waals surface area contributed by atoms with Crippen molar-refractivity contribution in [2.24, 2.45) is 5.92 Å². The summed E-state index contributed by atoms with van der Waals surface area (Å²) in [4.78, 5) is 35.4. The number of aliphatic carboxylic acids is 1. The predicted octanol–water partition coefficient (Wildman–Crippen LogP) is 3.02. The zero-order chi connectivity index (χ0) is 23.8. The Kier molecular flexibility index (Phi) is 8.23. The van der Waals surface area contributed by atoms with Crippen molar-refractivity contribution in [1.82, 2.24) is 10.6 Å². The lowest BCUT2D eigenvalue weighted by molar-refractivity contribution is -0.143. The quantitative estimate of drug-likeness (QED) is 0.498. The Labute approximate surface area is 191 Å². The van der Waals surface area contributed by atoms with Gasteiger partial charge in [-0.2, -0.15) is 0 Å². The molecule has 0 spiro atoms. The molecule has 0 atom stereocenters. The van der Waals surface area contributed by atoms with Gasteiger partial charge < -0.3 is 25.2 Å². The lowest BCUT2D eigenvalue weighted by Crippen LogP contribution is -2.35. The maximum Gasteiger partial charge on any atom is 0.306 e. The maximum absolute atomic E-state index is 13.9. The Bertz CT molecular complexity index is 987. The summed E-state index contributed by atoms with van der Waals surface area (Å²) < 4.78 is 24.7. The summed E-state index contributed by atoms with van der Waals surface area (Å²) in [6.07, 6.45) is 2.54. The molecular weight excluding hydrogens is 431 g/mol. The summed E-state index contributed by atoms with van der Waals surface area (Å²) >= 11 is 0. The van der Waals surface area contributed by atoms with Gasteiger partial charge in [0.1, 0.15) is 17.3 Å². The Morgan fingerprint density at radius 3 is 2.12 bits per heavy atom. The molecule has 2 aromatic rings. The molecule has 1 saturated carbocycles. The van der Waals surface area contributed by atoms with E-state index in [1.54, 1.807) is 24.3 Å². The van der Waals surface area contributed by atoms with Crippen LogP contribution in [-0.2, 0) is 4.79 Å². The van der Waals surface area contributed by atoms with Crippen molar-refractivity contribution in [2.75, 3.05) is 20.2 Å². The van der Waals surface area contributed by atoms with Gasteiger partial charge in [0, 0.05) is 24.7 Å². The van der Waals surface area contributed by atoms with Crippen molar-refractivity contribution >= 4 is 17.8 Å². The molecule has 8 nitrogen and oxygen atoms in total. The summed E-state index contributed by atoms with van der Waals surface area (Å²) in [6.45, 7) is 0.309. The summed E-state index contributed by atoms with van der Waals surface area (Å²) in [5.74, 6) is -1.69. The molecule has 0 bridgehead atoms. The van der Waals surface area contributed by atoms with E-state index in [1.807, 2.05) is 0 Å². The Balaban J connectivity index is 1.40. The Morgan fingerprint density at radius 1 is 0.939 bits per heavy atom. The molecule has 0 heterocycles. The topological polar surface area (TPSA) is 114 Å². The van der Waals surface area contributed by atoms with Crippen LogP contribution in [0.2, 0.25) is 0 Å². The van der Waals surface area contributed by atoms with Crippen molar-refractivity contribution in [3.8, 4) is 11.5 Å². The molecule has 176 valence electrons. The molecule has 33 heavy (non-hydrogen) atoms. The van der Waals surface area contributed by atoms with Crippen LogP contribution in [0.3, 0.4) is 0 Å². The van der Waals surface area contributed by atoms with Gasteiger partial charge in [-0.1, -0.05) is 0 Å². The van der Waals surface area contributed by atoms with Gasteiger partial charge in [-0.25, -0.2) is 4.39 Å². The summed E-state index contributed by atoms with van der Waals surface area (Å²) in [7, 11) is 1.41. The van der Waals surface area contributed by atoms with Crippen LogP contribution in [0.15, 0.2) is 42.5 Å². The molecule has 1 fully saturated rings. The largest absolute Gasteiger partial charge is 0.497 e. The first-order chi connectivity index (χ1) is 15.9. The minimum atomic E-state index is -0.753. The number of nitrogens with one attached hydrogen (secondary N) is 2. The third kappa shape index (κ3) is 6.68. The van der Waals surface area contributed by atoms with Crippen LogP contribution in [0.5, 0.6) is 11.5 Å². The van der Waals surface area contributed by atoms with E-state index >= 15 is 0 Å². The fraction of sp³-hybridized carbons (Fsp3) is 0.375. The average molecular weight is 458 g/mol. The second-order valence-electron chi connectivity index (χ2n) is 7.81. The fourth-order valence-corrected chi connectivity index (χ4v) is 3.66. The number of ether oxygens (including phenoxy) is 2. The number of hydrogen-bond donors (Lipinski definition) is 3. The monoisotopic (exact) mass is 458 g/mol. The number of hydrogen-bond acceptors (Lipinski definition) is 5. The number of halogens is 1. The van der Waals surface area contributed by atoms with E-state index in [1.165, 1.54) is 19.2 Å². The van der Waals surface area contributed by atoms with E-state index in [0.29, 0.717) is 42.7 Å². The van der Waals surface area contributed by atoms with E-state index in [2.05, 4.69) is 10.6 Å². The number of carboxylic acids is 1. The molecule has 1 aliphatic carbocycles. The molecule has 0 saturated heterocycles. The van der Waals surface area contributed by atoms with E-state index in [9.17, 15) is 18.8 Å². The van der Waals surface area contributed by atoms with Crippen LogP contribution < -0.4 is 20.1 Å². The van der Waals surface area contributed by atoms with Gasteiger partial charge >= 0.3 is 5.97 Å². The molecule has 1 aliphatic rings. The minimum Gasteiger partial charge on any atom is -0.497 e. The smallest absolute Gasteiger partial charge is 0.306 e. The molecular formula is C24H27FN2O6. The Hall–Kier alpha value is -3.62. The fourth-order valence-electron chi connectivity index (χ4n) is 3.66. The van der Waals surface area contributed by atoms with Gasteiger partial charge in [0.25, 0.3) is 11.8 Å². The number of carbonyl (C=O) groups excluding carboxylic acids is 2. The Morgan fingerprint density at radius 2 is 1.55 bits per heavy atom. The lowest BCUT2D eigenvalue weighted by Gasteiger charge is -2.26. The predicted molar refractivity (Wildman–Crippen MR) is 118 cm³/mol. The molecule has 3 N–H and O–H groups in total. The molecule has 2 amide bonds.